The van der Waals surface area contributed by atoms with Crippen LogP contribution in [0.1, 0.15) is 37.3 Å². The monoisotopic (exact) mass is 350 g/mol. The van der Waals surface area contributed by atoms with Gasteiger partial charge in [0.05, 0.1) is 5.02 Å². The topological polar surface area (TPSA) is 38.0 Å². The third kappa shape index (κ3) is 3.32. The maximum Gasteiger partial charge on any atom is 0.0542 e. The minimum atomic E-state index is 0.232. The first kappa shape index (κ1) is 12.6. The lowest BCUT2D eigenvalue weighted by atomic mass is 10.0. The van der Waals surface area contributed by atoms with E-state index in [0.29, 0.717) is 0 Å². The van der Waals surface area contributed by atoms with Gasteiger partial charge in [-0.2, -0.15) is 0 Å². The molecule has 0 aliphatic heterocycles. The summed E-state index contributed by atoms with van der Waals surface area (Å²) in [6.45, 7) is 0. The van der Waals surface area contributed by atoms with Crippen LogP contribution < -0.4 is 11.3 Å². The van der Waals surface area contributed by atoms with E-state index in [9.17, 15) is 0 Å². The third-order valence-corrected chi connectivity index (χ3v) is 4.68. The van der Waals surface area contributed by atoms with Gasteiger partial charge >= 0.3 is 0 Å². The molecule has 1 saturated carbocycles. The van der Waals surface area contributed by atoms with Crippen LogP contribution in [-0.2, 0) is 0 Å². The van der Waals surface area contributed by atoms with Crippen molar-refractivity contribution in [2.24, 2.45) is 11.8 Å². The fraction of sp³-hybridized carbons (Fsp3) is 0.500. The molecule has 4 heteroatoms. The average Bonchev–Trinajstić information content (AvgIpc) is 3.08. The maximum atomic E-state index is 6.11. The first-order valence-corrected chi connectivity index (χ1v) is 7.07. The van der Waals surface area contributed by atoms with Crippen molar-refractivity contribution in [3.05, 3.63) is 32.4 Å². The molecule has 1 fully saturated rings. The molecule has 2 nitrogen and oxygen atoms in total. The lowest BCUT2D eigenvalue weighted by Gasteiger charge is -2.16. The SMILES string of the molecule is NNC(CCC1CC1)c1ccc(I)c(Cl)c1. The van der Waals surface area contributed by atoms with Crippen LogP contribution in [0.15, 0.2) is 18.2 Å². The number of hydrazine groups is 1. The summed E-state index contributed by atoms with van der Waals surface area (Å²) in [5.74, 6) is 6.54. The summed E-state index contributed by atoms with van der Waals surface area (Å²) in [5.41, 5.74) is 4.08. The summed E-state index contributed by atoms with van der Waals surface area (Å²) in [7, 11) is 0. The summed E-state index contributed by atoms with van der Waals surface area (Å²) in [6, 6.07) is 6.39. The Bertz CT molecular complexity index is 366. The molecule has 1 atom stereocenters. The molecule has 0 aromatic heterocycles. The van der Waals surface area contributed by atoms with E-state index in [-0.39, 0.29) is 6.04 Å². The molecule has 0 spiro atoms. The van der Waals surface area contributed by atoms with Crippen molar-refractivity contribution in [3.63, 3.8) is 0 Å². The second-order valence-electron chi connectivity index (χ2n) is 4.41. The van der Waals surface area contributed by atoms with Gasteiger partial charge in [0.2, 0.25) is 0 Å². The Morgan fingerprint density at radius 1 is 1.50 bits per heavy atom. The quantitative estimate of drug-likeness (QED) is 0.483. The van der Waals surface area contributed by atoms with Gasteiger partial charge in [-0.25, -0.2) is 0 Å². The number of benzene rings is 1. The van der Waals surface area contributed by atoms with Crippen molar-refractivity contribution < 1.29 is 0 Å². The van der Waals surface area contributed by atoms with Crippen molar-refractivity contribution >= 4 is 34.2 Å². The van der Waals surface area contributed by atoms with Crippen LogP contribution in [0.3, 0.4) is 0 Å². The molecule has 0 heterocycles. The van der Waals surface area contributed by atoms with Gasteiger partial charge in [0.15, 0.2) is 0 Å². The number of hydrogen-bond donors (Lipinski definition) is 2. The number of rotatable bonds is 5. The third-order valence-electron chi connectivity index (χ3n) is 3.11. The molecular formula is C12H16ClIN2. The van der Waals surface area contributed by atoms with Crippen LogP contribution in [0, 0.1) is 9.49 Å². The van der Waals surface area contributed by atoms with Gasteiger partial charge in [-0.15, -0.1) is 0 Å². The molecule has 2 rings (SSSR count). The predicted molar refractivity (Wildman–Crippen MR) is 76.2 cm³/mol. The number of halogens is 2. The summed E-state index contributed by atoms with van der Waals surface area (Å²) < 4.78 is 1.08. The number of nitrogens with two attached hydrogens (primary N) is 1. The Balaban J connectivity index is 2.02. The molecule has 1 aliphatic carbocycles. The number of hydrogen-bond acceptors (Lipinski definition) is 2. The highest BCUT2D eigenvalue weighted by atomic mass is 127. The largest absolute Gasteiger partial charge is 0.271 e. The van der Waals surface area contributed by atoms with Crippen LogP contribution in [0.2, 0.25) is 5.02 Å². The summed E-state index contributed by atoms with van der Waals surface area (Å²) >= 11 is 8.35. The molecule has 0 saturated heterocycles. The van der Waals surface area contributed by atoms with Gasteiger partial charge < -0.3 is 0 Å². The van der Waals surface area contributed by atoms with E-state index in [1.54, 1.807) is 0 Å². The average molecular weight is 351 g/mol. The first-order valence-electron chi connectivity index (χ1n) is 5.62. The lowest BCUT2D eigenvalue weighted by Crippen LogP contribution is -2.28. The normalized spacial score (nSPS) is 17.4. The maximum absolute atomic E-state index is 6.11. The van der Waals surface area contributed by atoms with Crippen molar-refractivity contribution in [1.82, 2.24) is 5.43 Å². The van der Waals surface area contributed by atoms with Crippen LogP contribution >= 0.6 is 34.2 Å². The highest BCUT2D eigenvalue weighted by Crippen LogP contribution is 2.36. The molecule has 1 aliphatic rings. The Kier molecular flexibility index (Phi) is 4.47. The molecule has 3 N–H and O–H groups in total. The van der Waals surface area contributed by atoms with E-state index in [2.05, 4.69) is 34.1 Å². The van der Waals surface area contributed by atoms with E-state index in [0.717, 1.165) is 20.9 Å². The van der Waals surface area contributed by atoms with Crippen molar-refractivity contribution in [2.45, 2.75) is 31.7 Å². The second-order valence-corrected chi connectivity index (χ2v) is 5.98. The predicted octanol–water partition coefficient (Wildman–Crippen LogP) is 3.64. The van der Waals surface area contributed by atoms with Gasteiger partial charge in [-0.1, -0.05) is 30.5 Å². The minimum absolute atomic E-state index is 0.232. The van der Waals surface area contributed by atoms with Gasteiger partial charge in [0.1, 0.15) is 0 Å². The molecule has 1 aromatic carbocycles. The minimum Gasteiger partial charge on any atom is -0.271 e. The second kappa shape index (κ2) is 5.67. The standard InChI is InChI=1S/C12H16ClIN2/c13-10-7-9(4-5-11(10)14)12(16-15)6-3-8-1-2-8/h4-5,7-8,12,16H,1-3,6,15H2. The molecule has 1 aromatic rings. The first-order chi connectivity index (χ1) is 7.70. The van der Waals surface area contributed by atoms with E-state index >= 15 is 0 Å². The Hall–Kier alpha value is 0.160. The smallest absolute Gasteiger partial charge is 0.0542 e. The zero-order chi connectivity index (χ0) is 11.5. The summed E-state index contributed by atoms with van der Waals surface area (Å²) in [4.78, 5) is 0. The Labute approximate surface area is 115 Å². The molecule has 88 valence electrons. The lowest BCUT2D eigenvalue weighted by molar-refractivity contribution is 0.482. The highest BCUT2D eigenvalue weighted by molar-refractivity contribution is 14.1. The zero-order valence-electron chi connectivity index (χ0n) is 9.05. The summed E-state index contributed by atoms with van der Waals surface area (Å²) in [6.07, 6.45) is 5.14. The molecule has 16 heavy (non-hydrogen) atoms. The van der Waals surface area contributed by atoms with E-state index in [1.165, 1.54) is 24.8 Å². The molecular weight excluding hydrogens is 335 g/mol. The van der Waals surface area contributed by atoms with Crippen molar-refractivity contribution in [3.8, 4) is 0 Å². The van der Waals surface area contributed by atoms with E-state index in [1.807, 2.05) is 12.1 Å². The molecule has 0 radical (unpaired) electrons. The van der Waals surface area contributed by atoms with Gasteiger partial charge in [-0.3, -0.25) is 11.3 Å². The summed E-state index contributed by atoms with van der Waals surface area (Å²) in [5, 5.41) is 0.810. The number of nitrogens with one attached hydrogen (secondary N) is 1. The molecule has 1 unspecified atom stereocenters. The van der Waals surface area contributed by atoms with Crippen LogP contribution in [-0.4, -0.2) is 0 Å². The molecule has 0 amide bonds. The van der Waals surface area contributed by atoms with Crippen LogP contribution in [0.5, 0.6) is 0 Å². The molecule has 0 bridgehead atoms. The Morgan fingerprint density at radius 2 is 2.25 bits per heavy atom. The van der Waals surface area contributed by atoms with Gasteiger partial charge in [0, 0.05) is 9.61 Å². The van der Waals surface area contributed by atoms with Crippen molar-refractivity contribution in [2.75, 3.05) is 0 Å². The van der Waals surface area contributed by atoms with Crippen LogP contribution in [0.4, 0.5) is 0 Å². The van der Waals surface area contributed by atoms with Gasteiger partial charge in [-0.05, 0) is 59.0 Å². The fourth-order valence-corrected chi connectivity index (χ4v) is 2.41. The van der Waals surface area contributed by atoms with E-state index in [4.69, 9.17) is 17.4 Å². The zero-order valence-corrected chi connectivity index (χ0v) is 12.0. The fourth-order valence-electron chi connectivity index (χ4n) is 1.88. The van der Waals surface area contributed by atoms with E-state index < -0.39 is 0 Å². The van der Waals surface area contributed by atoms with Crippen molar-refractivity contribution in [1.29, 1.82) is 0 Å². The van der Waals surface area contributed by atoms with Crippen LogP contribution in [0.25, 0.3) is 0 Å². The Morgan fingerprint density at radius 3 is 2.81 bits per heavy atom. The van der Waals surface area contributed by atoms with Gasteiger partial charge in [0.25, 0.3) is 0 Å². The highest BCUT2D eigenvalue weighted by Gasteiger charge is 2.22.